The van der Waals surface area contributed by atoms with Crippen LogP contribution in [-0.4, -0.2) is 42.9 Å². The van der Waals surface area contributed by atoms with Crippen molar-refractivity contribution in [2.75, 3.05) is 38.3 Å². The summed E-state index contributed by atoms with van der Waals surface area (Å²) < 4.78 is 7.34. The van der Waals surface area contributed by atoms with Gasteiger partial charge in [0, 0.05) is 32.9 Å². The lowest BCUT2D eigenvalue weighted by molar-refractivity contribution is 0.187. The van der Waals surface area contributed by atoms with Crippen molar-refractivity contribution < 1.29 is 4.74 Å². The van der Waals surface area contributed by atoms with E-state index in [4.69, 9.17) is 10.5 Å². The molecule has 2 heterocycles. The Morgan fingerprint density at radius 3 is 2.78 bits per heavy atom. The number of aryl methyl sites for hydroxylation is 1. The van der Waals surface area contributed by atoms with Crippen molar-refractivity contribution in [1.82, 2.24) is 9.55 Å². The van der Waals surface area contributed by atoms with Crippen molar-refractivity contribution in [1.29, 1.82) is 0 Å². The summed E-state index contributed by atoms with van der Waals surface area (Å²) in [6, 6.07) is 0. The quantitative estimate of drug-likeness (QED) is 0.850. The maximum atomic E-state index is 5.73. The van der Waals surface area contributed by atoms with E-state index in [2.05, 4.69) is 20.6 Å². The van der Waals surface area contributed by atoms with Gasteiger partial charge in [0.15, 0.2) is 0 Å². The Morgan fingerprint density at radius 2 is 2.17 bits per heavy atom. The van der Waals surface area contributed by atoms with Crippen LogP contribution in [0.1, 0.15) is 18.5 Å². The standard InChI is InChI=1S/C13H24N4O/c1-11-10-17(7-8-18-2)13(15-11)16-5-3-12(9-14)4-6-16/h10,12H,3-9,14H2,1-2H3. The van der Waals surface area contributed by atoms with Gasteiger partial charge in [-0.2, -0.15) is 0 Å². The van der Waals surface area contributed by atoms with Crippen LogP contribution in [0.3, 0.4) is 0 Å². The minimum Gasteiger partial charge on any atom is -0.383 e. The Balaban J connectivity index is 2.03. The summed E-state index contributed by atoms with van der Waals surface area (Å²) in [5.74, 6) is 1.77. The molecule has 0 bridgehead atoms. The maximum absolute atomic E-state index is 5.73. The first kappa shape index (κ1) is 13.4. The number of hydrogen-bond donors (Lipinski definition) is 1. The monoisotopic (exact) mass is 252 g/mol. The summed E-state index contributed by atoms with van der Waals surface area (Å²) in [5.41, 5.74) is 6.80. The summed E-state index contributed by atoms with van der Waals surface area (Å²) in [4.78, 5) is 7.01. The van der Waals surface area contributed by atoms with Gasteiger partial charge in [-0.15, -0.1) is 0 Å². The number of imidazole rings is 1. The predicted molar refractivity (Wildman–Crippen MR) is 72.8 cm³/mol. The van der Waals surface area contributed by atoms with Crippen LogP contribution in [0.2, 0.25) is 0 Å². The lowest BCUT2D eigenvalue weighted by Gasteiger charge is -2.32. The minimum absolute atomic E-state index is 0.685. The van der Waals surface area contributed by atoms with E-state index in [0.29, 0.717) is 5.92 Å². The Bertz CT molecular complexity index is 369. The number of methoxy groups -OCH3 is 1. The molecule has 1 saturated heterocycles. The second-order valence-electron chi connectivity index (χ2n) is 5.03. The first-order valence-electron chi connectivity index (χ1n) is 6.72. The van der Waals surface area contributed by atoms with E-state index in [0.717, 1.165) is 44.4 Å². The Labute approximate surface area is 109 Å². The van der Waals surface area contributed by atoms with E-state index >= 15 is 0 Å². The first-order chi connectivity index (χ1) is 8.74. The van der Waals surface area contributed by atoms with Crippen LogP contribution >= 0.6 is 0 Å². The zero-order valence-electron chi connectivity index (χ0n) is 11.4. The molecule has 2 N–H and O–H groups in total. The number of rotatable bonds is 5. The van der Waals surface area contributed by atoms with Crippen LogP contribution in [0.25, 0.3) is 0 Å². The van der Waals surface area contributed by atoms with Crippen molar-refractivity contribution in [3.8, 4) is 0 Å². The van der Waals surface area contributed by atoms with Gasteiger partial charge in [0.2, 0.25) is 5.95 Å². The van der Waals surface area contributed by atoms with Crippen LogP contribution in [-0.2, 0) is 11.3 Å². The maximum Gasteiger partial charge on any atom is 0.205 e. The highest BCUT2D eigenvalue weighted by atomic mass is 16.5. The van der Waals surface area contributed by atoms with E-state index in [-0.39, 0.29) is 0 Å². The summed E-state index contributed by atoms with van der Waals surface area (Å²) in [5, 5.41) is 0. The fraction of sp³-hybridized carbons (Fsp3) is 0.769. The molecule has 5 heteroatoms. The molecule has 1 aromatic rings. The van der Waals surface area contributed by atoms with Crippen LogP contribution in [0.15, 0.2) is 6.20 Å². The number of nitrogens with two attached hydrogens (primary N) is 1. The summed E-state index contributed by atoms with van der Waals surface area (Å²) in [6.45, 7) is 6.56. The van der Waals surface area contributed by atoms with Crippen molar-refractivity contribution in [3.05, 3.63) is 11.9 Å². The third-order valence-corrected chi connectivity index (χ3v) is 3.64. The van der Waals surface area contributed by atoms with Gasteiger partial charge in [-0.05, 0) is 32.2 Å². The molecule has 5 nitrogen and oxygen atoms in total. The van der Waals surface area contributed by atoms with E-state index < -0.39 is 0 Å². The first-order valence-corrected chi connectivity index (χ1v) is 6.72. The van der Waals surface area contributed by atoms with Crippen molar-refractivity contribution in [2.45, 2.75) is 26.3 Å². The number of piperidine rings is 1. The Kier molecular flexibility index (Phi) is 4.60. The Hall–Kier alpha value is -1.07. The van der Waals surface area contributed by atoms with E-state index in [1.54, 1.807) is 7.11 Å². The van der Waals surface area contributed by atoms with Gasteiger partial charge < -0.3 is 19.9 Å². The molecule has 0 radical (unpaired) electrons. The number of anilines is 1. The second-order valence-corrected chi connectivity index (χ2v) is 5.03. The lowest BCUT2D eigenvalue weighted by Crippen LogP contribution is -2.37. The smallest absolute Gasteiger partial charge is 0.205 e. The Morgan fingerprint density at radius 1 is 1.44 bits per heavy atom. The van der Waals surface area contributed by atoms with Crippen molar-refractivity contribution in [2.24, 2.45) is 11.7 Å². The van der Waals surface area contributed by atoms with Gasteiger partial charge in [-0.1, -0.05) is 0 Å². The van der Waals surface area contributed by atoms with Gasteiger partial charge in [-0.3, -0.25) is 0 Å². The fourth-order valence-corrected chi connectivity index (χ4v) is 2.51. The minimum atomic E-state index is 0.685. The largest absolute Gasteiger partial charge is 0.383 e. The molecule has 0 unspecified atom stereocenters. The number of aromatic nitrogens is 2. The average Bonchev–Trinajstić information content (AvgIpc) is 2.77. The number of nitrogens with zero attached hydrogens (tertiary/aromatic N) is 3. The summed E-state index contributed by atoms with van der Waals surface area (Å²) >= 11 is 0. The molecule has 2 rings (SSSR count). The average molecular weight is 252 g/mol. The molecule has 1 aromatic heterocycles. The normalized spacial score (nSPS) is 17.4. The van der Waals surface area contributed by atoms with Crippen LogP contribution in [0, 0.1) is 12.8 Å². The highest BCUT2D eigenvalue weighted by molar-refractivity contribution is 5.34. The fourth-order valence-electron chi connectivity index (χ4n) is 2.51. The molecule has 18 heavy (non-hydrogen) atoms. The number of ether oxygens (including phenoxy) is 1. The third-order valence-electron chi connectivity index (χ3n) is 3.64. The molecular formula is C13H24N4O. The molecule has 0 saturated carbocycles. The number of hydrogen-bond acceptors (Lipinski definition) is 4. The van der Waals surface area contributed by atoms with Gasteiger partial charge in [0.05, 0.1) is 12.3 Å². The van der Waals surface area contributed by atoms with Gasteiger partial charge in [-0.25, -0.2) is 4.98 Å². The molecular weight excluding hydrogens is 228 g/mol. The lowest BCUT2D eigenvalue weighted by atomic mass is 9.97. The highest BCUT2D eigenvalue weighted by Crippen LogP contribution is 2.22. The van der Waals surface area contributed by atoms with E-state index in [1.807, 2.05) is 6.92 Å². The zero-order chi connectivity index (χ0) is 13.0. The summed E-state index contributed by atoms with van der Waals surface area (Å²) in [7, 11) is 1.73. The van der Waals surface area contributed by atoms with Crippen LogP contribution in [0.4, 0.5) is 5.95 Å². The van der Waals surface area contributed by atoms with Crippen LogP contribution in [0.5, 0.6) is 0 Å². The molecule has 0 spiro atoms. The molecule has 0 amide bonds. The van der Waals surface area contributed by atoms with Crippen molar-refractivity contribution >= 4 is 5.95 Å². The molecule has 1 aliphatic heterocycles. The predicted octanol–water partition coefficient (Wildman–Crippen LogP) is 1.01. The van der Waals surface area contributed by atoms with E-state index in [9.17, 15) is 0 Å². The molecule has 0 aliphatic carbocycles. The van der Waals surface area contributed by atoms with Crippen LogP contribution < -0.4 is 10.6 Å². The zero-order valence-corrected chi connectivity index (χ0v) is 11.4. The van der Waals surface area contributed by atoms with E-state index in [1.165, 1.54) is 12.8 Å². The summed E-state index contributed by atoms with van der Waals surface area (Å²) in [6.07, 6.45) is 4.45. The molecule has 1 aliphatic rings. The van der Waals surface area contributed by atoms with Gasteiger partial charge in [0.25, 0.3) is 0 Å². The SMILES string of the molecule is COCCn1cc(C)nc1N1CCC(CN)CC1. The second kappa shape index (κ2) is 6.20. The highest BCUT2D eigenvalue weighted by Gasteiger charge is 2.21. The van der Waals surface area contributed by atoms with Crippen molar-refractivity contribution in [3.63, 3.8) is 0 Å². The molecule has 0 aromatic carbocycles. The van der Waals surface area contributed by atoms with Gasteiger partial charge >= 0.3 is 0 Å². The molecule has 0 atom stereocenters. The van der Waals surface area contributed by atoms with Gasteiger partial charge in [0.1, 0.15) is 0 Å². The third kappa shape index (κ3) is 3.03. The molecule has 102 valence electrons. The topological polar surface area (TPSA) is 56.3 Å². The molecule has 1 fully saturated rings.